The summed E-state index contributed by atoms with van der Waals surface area (Å²) in [5.74, 6) is -0.807. The summed E-state index contributed by atoms with van der Waals surface area (Å²) >= 11 is 0. The largest absolute Gasteiger partial charge is 0.480 e. The molecule has 82 valence electrons. The molecule has 0 saturated heterocycles. The summed E-state index contributed by atoms with van der Waals surface area (Å²) in [7, 11) is 0. The van der Waals surface area contributed by atoms with Gasteiger partial charge in [0, 0.05) is 12.2 Å². The molecule has 1 unspecified atom stereocenters. The number of aliphatic carboxylic acids is 1. The van der Waals surface area contributed by atoms with Crippen LogP contribution < -0.4 is 11.1 Å². The van der Waals surface area contributed by atoms with Gasteiger partial charge in [0.15, 0.2) is 0 Å². The number of benzene rings is 1. The maximum Gasteiger partial charge on any atom is 0.321 e. The lowest BCUT2D eigenvalue weighted by Crippen LogP contribution is -2.41. The van der Waals surface area contributed by atoms with Crippen LogP contribution in [0.4, 0.5) is 5.69 Å². The number of nitrogens with two attached hydrogens (primary N) is 1. The van der Waals surface area contributed by atoms with Gasteiger partial charge in [0.25, 0.3) is 0 Å². The third-order valence-corrected chi connectivity index (χ3v) is 2.49. The van der Waals surface area contributed by atoms with E-state index in [1.165, 1.54) is 0 Å². The lowest BCUT2D eigenvalue weighted by atomic mass is 9.95. The molecule has 0 amide bonds. The first-order chi connectivity index (χ1) is 6.66. The van der Waals surface area contributed by atoms with Crippen LogP contribution in [0.3, 0.4) is 0 Å². The van der Waals surface area contributed by atoms with Crippen LogP contribution in [-0.4, -0.2) is 17.1 Å². The Morgan fingerprint density at radius 1 is 1.47 bits per heavy atom. The van der Waals surface area contributed by atoms with Crippen molar-refractivity contribution in [2.24, 2.45) is 0 Å². The summed E-state index contributed by atoms with van der Waals surface area (Å²) in [4.78, 5) is 10.8. The minimum atomic E-state index is -0.807. The van der Waals surface area contributed by atoms with Gasteiger partial charge >= 0.3 is 5.97 Å². The van der Waals surface area contributed by atoms with E-state index in [2.05, 4.69) is 5.32 Å². The predicted molar refractivity (Wildman–Crippen MR) is 60.1 cm³/mol. The van der Waals surface area contributed by atoms with Crippen LogP contribution in [0.25, 0.3) is 0 Å². The number of anilines is 1. The normalized spacial score (nSPS) is 18.8. The highest BCUT2D eigenvalue weighted by Crippen LogP contribution is 2.19. The minimum absolute atomic E-state index is 0. The average Bonchev–Trinajstić information content (AvgIpc) is 2.16. The van der Waals surface area contributed by atoms with Crippen LogP contribution in [0.5, 0.6) is 0 Å². The predicted octanol–water partition coefficient (Wildman–Crippen LogP) is 0.790. The third-order valence-electron chi connectivity index (χ3n) is 2.49. The van der Waals surface area contributed by atoms with Gasteiger partial charge in [-0.1, -0.05) is 6.07 Å². The molecule has 0 aliphatic carbocycles. The summed E-state index contributed by atoms with van der Waals surface area (Å²) in [6, 6.07) is 5.15. The van der Waals surface area contributed by atoms with Crippen molar-refractivity contribution in [3.8, 4) is 0 Å². The molecule has 5 heteroatoms. The molecule has 0 bridgehead atoms. The minimum Gasteiger partial charge on any atom is -0.480 e. The molecule has 0 spiro atoms. The van der Waals surface area contributed by atoms with Gasteiger partial charge in [0.2, 0.25) is 0 Å². The molecule has 4 N–H and O–H groups in total. The van der Waals surface area contributed by atoms with Gasteiger partial charge in [-0.25, -0.2) is 0 Å². The highest BCUT2D eigenvalue weighted by atomic mass is 35.5. The van der Waals surface area contributed by atoms with Crippen molar-refractivity contribution >= 4 is 24.1 Å². The summed E-state index contributed by atoms with van der Waals surface area (Å²) in [6.45, 7) is 0.604. The Morgan fingerprint density at radius 2 is 2.20 bits per heavy atom. The lowest BCUT2D eigenvalue weighted by molar-refractivity contribution is -0.139. The fourth-order valence-electron chi connectivity index (χ4n) is 1.71. The first-order valence-electron chi connectivity index (χ1n) is 4.50. The van der Waals surface area contributed by atoms with Crippen molar-refractivity contribution in [1.82, 2.24) is 5.32 Å². The first kappa shape index (κ1) is 11.8. The Balaban J connectivity index is 0.00000112. The van der Waals surface area contributed by atoms with Crippen LogP contribution in [0.1, 0.15) is 11.1 Å². The second kappa shape index (κ2) is 4.51. The van der Waals surface area contributed by atoms with Crippen LogP contribution in [0.15, 0.2) is 18.2 Å². The average molecular weight is 229 g/mol. The molecule has 1 aliphatic rings. The van der Waals surface area contributed by atoms with E-state index in [-0.39, 0.29) is 12.4 Å². The Labute approximate surface area is 93.9 Å². The highest BCUT2D eigenvalue weighted by Gasteiger charge is 2.23. The van der Waals surface area contributed by atoms with Gasteiger partial charge in [-0.15, -0.1) is 12.4 Å². The number of carboxylic acid groups (broad SMARTS) is 1. The molecular formula is C10H13ClN2O2. The monoisotopic (exact) mass is 228 g/mol. The molecule has 1 aliphatic heterocycles. The molecule has 1 aromatic rings. The molecule has 0 radical (unpaired) electrons. The number of carboxylic acids is 1. The highest BCUT2D eigenvalue weighted by molar-refractivity contribution is 5.85. The topological polar surface area (TPSA) is 75.4 Å². The number of nitrogens with one attached hydrogen (secondary N) is 1. The van der Waals surface area contributed by atoms with Gasteiger partial charge in [-0.2, -0.15) is 0 Å². The summed E-state index contributed by atoms with van der Waals surface area (Å²) in [5, 5.41) is 11.8. The molecular weight excluding hydrogens is 216 g/mol. The van der Waals surface area contributed by atoms with Crippen molar-refractivity contribution < 1.29 is 9.90 Å². The molecule has 1 atom stereocenters. The first-order valence-corrected chi connectivity index (χ1v) is 4.50. The second-order valence-electron chi connectivity index (χ2n) is 3.50. The Bertz CT molecular complexity index is 382. The smallest absolute Gasteiger partial charge is 0.321 e. The number of halogens is 1. The van der Waals surface area contributed by atoms with Crippen molar-refractivity contribution in [1.29, 1.82) is 0 Å². The summed E-state index contributed by atoms with van der Waals surface area (Å²) in [6.07, 6.45) is 0.510. The van der Waals surface area contributed by atoms with E-state index in [1.807, 2.05) is 18.2 Å². The molecule has 15 heavy (non-hydrogen) atoms. The van der Waals surface area contributed by atoms with Crippen molar-refractivity contribution in [2.75, 3.05) is 5.73 Å². The number of fused-ring (bicyclic) bond motifs is 1. The maximum atomic E-state index is 10.8. The second-order valence-corrected chi connectivity index (χ2v) is 3.50. The van der Waals surface area contributed by atoms with Crippen molar-refractivity contribution in [3.63, 3.8) is 0 Å². The summed E-state index contributed by atoms with van der Waals surface area (Å²) < 4.78 is 0. The van der Waals surface area contributed by atoms with E-state index in [0.717, 1.165) is 11.1 Å². The SMILES string of the molecule is Cl.Nc1ccc2c(c1)CC(C(=O)O)NC2. The van der Waals surface area contributed by atoms with Crippen molar-refractivity contribution in [3.05, 3.63) is 29.3 Å². The van der Waals surface area contributed by atoms with E-state index >= 15 is 0 Å². The molecule has 2 rings (SSSR count). The van der Waals surface area contributed by atoms with Gasteiger partial charge in [-0.05, 0) is 29.7 Å². The lowest BCUT2D eigenvalue weighted by Gasteiger charge is -2.23. The summed E-state index contributed by atoms with van der Waals surface area (Å²) in [5.41, 5.74) is 8.50. The van der Waals surface area contributed by atoms with Crippen molar-refractivity contribution in [2.45, 2.75) is 19.0 Å². The number of hydrogen-bond donors (Lipinski definition) is 3. The van der Waals surface area contributed by atoms with Crippen LogP contribution >= 0.6 is 12.4 Å². The Hall–Kier alpha value is -1.26. The number of carbonyl (C=O) groups is 1. The molecule has 0 saturated carbocycles. The number of nitrogen functional groups attached to an aromatic ring is 1. The Morgan fingerprint density at radius 3 is 2.87 bits per heavy atom. The zero-order valence-corrected chi connectivity index (χ0v) is 8.88. The van der Waals surface area contributed by atoms with Gasteiger partial charge in [-0.3, -0.25) is 4.79 Å². The number of hydrogen-bond acceptors (Lipinski definition) is 3. The zero-order chi connectivity index (χ0) is 10.1. The van der Waals surface area contributed by atoms with Crippen LogP contribution in [0, 0.1) is 0 Å². The van der Waals surface area contributed by atoms with Gasteiger partial charge in [0.1, 0.15) is 6.04 Å². The fraction of sp³-hybridized carbons (Fsp3) is 0.300. The zero-order valence-electron chi connectivity index (χ0n) is 8.06. The molecule has 1 aromatic carbocycles. The fourth-order valence-corrected chi connectivity index (χ4v) is 1.71. The van der Waals surface area contributed by atoms with E-state index in [0.29, 0.717) is 18.7 Å². The van der Waals surface area contributed by atoms with Gasteiger partial charge < -0.3 is 16.2 Å². The number of rotatable bonds is 1. The Kier molecular flexibility index (Phi) is 3.55. The van der Waals surface area contributed by atoms with Gasteiger partial charge in [0.05, 0.1) is 0 Å². The van der Waals surface area contributed by atoms with E-state index in [1.54, 1.807) is 0 Å². The van der Waals surface area contributed by atoms with E-state index in [9.17, 15) is 4.79 Å². The van der Waals surface area contributed by atoms with Crippen LogP contribution in [0.2, 0.25) is 0 Å². The standard InChI is InChI=1S/C10H12N2O2.ClH/c11-8-2-1-6-5-12-9(10(13)14)4-7(6)3-8;/h1-3,9,12H,4-5,11H2,(H,13,14);1H. The van der Waals surface area contributed by atoms with E-state index in [4.69, 9.17) is 10.8 Å². The maximum absolute atomic E-state index is 10.8. The van der Waals surface area contributed by atoms with Crippen LogP contribution in [-0.2, 0) is 17.8 Å². The molecule has 0 aromatic heterocycles. The van der Waals surface area contributed by atoms with E-state index < -0.39 is 12.0 Å². The quantitative estimate of drug-likeness (QED) is 0.622. The molecule has 4 nitrogen and oxygen atoms in total. The molecule has 0 fully saturated rings. The molecule has 1 heterocycles. The third kappa shape index (κ3) is 2.40.